The number of benzene rings is 3. The molecule has 32 heavy (non-hydrogen) atoms. The highest BCUT2D eigenvalue weighted by Crippen LogP contribution is 2.24. The van der Waals surface area contributed by atoms with Crippen LogP contribution in [-0.4, -0.2) is 25.8 Å². The van der Waals surface area contributed by atoms with Gasteiger partial charge in [-0.1, -0.05) is 84.9 Å². The molecule has 3 aromatic carbocycles. The summed E-state index contributed by atoms with van der Waals surface area (Å²) in [6.45, 7) is 2.67. The number of aromatic nitrogens is 3. The largest absolute Gasteiger partial charge is 0.478 e. The fourth-order valence-electron chi connectivity index (χ4n) is 3.67. The molecule has 5 nitrogen and oxygen atoms in total. The molecule has 1 heterocycles. The van der Waals surface area contributed by atoms with Crippen molar-refractivity contribution >= 4 is 5.97 Å². The van der Waals surface area contributed by atoms with Gasteiger partial charge < -0.3 is 5.11 Å². The molecular weight excluding hydrogens is 398 g/mol. The van der Waals surface area contributed by atoms with E-state index in [1.165, 1.54) is 5.56 Å². The molecule has 0 saturated heterocycles. The topological polar surface area (TPSA) is 68.0 Å². The molecular formula is C27H25N3O2. The van der Waals surface area contributed by atoms with Crippen LogP contribution in [0.25, 0.3) is 11.1 Å². The summed E-state index contributed by atoms with van der Waals surface area (Å²) in [6.07, 6.45) is 5.43. The van der Waals surface area contributed by atoms with E-state index in [0.717, 1.165) is 22.8 Å². The lowest BCUT2D eigenvalue weighted by molar-refractivity contribution is 0.0697. The molecule has 0 aliphatic carbocycles. The molecule has 0 bridgehead atoms. The molecule has 0 unspecified atom stereocenters. The summed E-state index contributed by atoms with van der Waals surface area (Å²) < 4.78 is 1.95. The van der Waals surface area contributed by atoms with Crippen LogP contribution in [0.15, 0.2) is 91.0 Å². The number of aromatic carboxylic acids is 1. The Balaban J connectivity index is 1.57. The van der Waals surface area contributed by atoms with Crippen LogP contribution in [0.5, 0.6) is 0 Å². The van der Waals surface area contributed by atoms with Gasteiger partial charge in [0.15, 0.2) is 5.82 Å². The predicted molar refractivity (Wildman–Crippen MR) is 126 cm³/mol. The number of rotatable bonds is 8. The number of allylic oxidation sites excluding steroid dienone is 2. The molecule has 4 rings (SSSR count). The fourth-order valence-corrected chi connectivity index (χ4v) is 3.67. The second-order valence-corrected chi connectivity index (χ2v) is 7.58. The maximum absolute atomic E-state index is 11.5. The standard InChI is InChI=1S/C27H25N3O2/c1-2-3-17-30-26(28-25(29-30)18-20-9-5-4-6-10-20)19-21-13-15-22(16-14-21)23-11-7-8-12-24(23)27(31)32/h2-16H,17-19H2,1H3,(H,31,32)/b3-2+. The summed E-state index contributed by atoms with van der Waals surface area (Å²) in [4.78, 5) is 16.3. The molecule has 160 valence electrons. The van der Waals surface area contributed by atoms with Crippen molar-refractivity contribution in [2.24, 2.45) is 0 Å². The van der Waals surface area contributed by atoms with Gasteiger partial charge in [-0.25, -0.2) is 14.5 Å². The van der Waals surface area contributed by atoms with Crippen molar-refractivity contribution in [3.63, 3.8) is 0 Å². The van der Waals surface area contributed by atoms with Crippen molar-refractivity contribution in [3.05, 3.63) is 119 Å². The summed E-state index contributed by atoms with van der Waals surface area (Å²) in [5.74, 6) is 0.795. The Kier molecular flexibility index (Phi) is 6.56. The zero-order valence-electron chi connectivity index (χ0n) is 18.0. The summed E-state index contributed by atoms with van der Waals surface area (Å²) >= 11 is 0. The van der Waals surface area contributed by atoms with Crippen LogP contribution in [0.2, 0.25) is 0 Å². The van der Waals surface area contributed by atoms with Gasteiger partial charge in [-0.2, -0.15) is 5.10 Å². The average Bonchev–Trinajstić information content (AvgIpc) is 3.19. The van der Waals surface area contributed by atoms with Crippen molar-refractivity contribution in [3.8, 4) is 11.1 Å². The van der Waals surface area contributed by atoms with Crippen molar-refractivity contribution < 1.29 is 9.90 Å². The van der Waals surface area contributed by atoms with Gasteiger partial charge in [-0.15, -0.1) is 0 Å². The third-order valence-electron chi connectivity index (χ3n) is 5.30. The highest BCUT2D eigenvalue weighted by molar-refractivity contribution is 5.95. The third-order valence-corrected chi connectivity index (χ3v) is 5.30. The lowest BCUT2D eigenvalue weighted by atomic mass is 9.98. The lowest BCUT2D eigenvalue weighted by Crippen LogP contribution is -2.05. The molecule has 0 spiro atoms. The molecule has 1 N–H and O–H groups in total. The first kappa shape index (κ1) is 21.2. The van der Waals surface area contributed by atoms with Gasteiger partial charge in [-0.3, -0.25) is 0 Å². The molecule has 0 radical (unpaired) electrons. The number of hydrogen-bond acceptors (Lipinski definition) is 3. The normalized spacial score (nSPS) is 11.2. The Labute approximate surface area is 187 Å². The van der Waals surface area contributed by atoms with Crippen LogP contribution in [0, 0.1) is 0 Å². The van der Waals surface area contributed by atoms with Gasteiger partial charge in [0.05, 0.1) is 12.1 Å². The van der Waals surface area contributed by atoms with Gasteiger partial charge in [0.25, 0.3) is 0 Å². The zero-order valence-corrected chi connectivity index (χ0v) is 18.0. The first-order valence-corrected chi connectivity index (χ1v) is 10.6. The second-order valence-electron chi connectivity index (χ2n) is 7.58. The van der Waals surface area contributed by atoms with E-state index in [1.54, 1.807) is 12.1 Å². The molecule has 5 heteroatoms. The maximum atomic E-state index is 11.5. The second kappa shape index (κ2) is 9.88. The maximum Gasteiger partial charge on any atom is 0.336 e. The summed E-state index contributed by atoms with van der Waals surface area (Å²) in [7, 11) is 0. The van der Waals surface area contributed by atoms with Crippen LogP contribution >= 0.6 is 0 Å². The van der Waals surface area contributed by atoms with Gasteiger partial charge >= 0.3 is 5.97 Å². The van der Waals surface area contributed by atoms with Gasteiger partial charge in [0.1, 0.15) is 5.82 Å². The Morgan fingerprint density at radius 3 is 2.31 bits per heavy atom. The van der Waals surface area contributed by atoms with Crippen LogP contribution in [0.1, 0.15) is 40.1 Å². The number of hydrogen-bond donors (Lipinski definition) is 1. The van der Waals surface area contributed by atoms with Gasteiger partial charge in [0.2, 0.25) is 0 Å². The minimum Gasteiger partial charge on any atom is -0.478 e. The van der Waals surface area contributed by atoms with Crippen molar-refractivity contribution in [2.75, 3.05) is 0 Å². The molecule has 1 aromatic heterocycles. The van der Waals surface area contributed by atoms with E-state index in [1.807, 2.05) is 72.3 Å². The quantitative estimate of drug-likeness (QED) is 0.385. The SMILES string of the molecule is C/C=C/Cn1nc(Cc2ccccc2)nc1Cc1ccc(-c2ccccc2C(=O)O)cc1. The Bertz CT molecular complexity index is 1230. The smallest absolute Gasteiger partial charge is 0.336 e. The molecule has 0 saturated carbocycles. The summed E-state index contributed by atoms with van der Waals surface area (Å²) in [6, 6.07) is 25.3. The molecule has 4 aromatic rings. The molecule has 0 aliphatic rings. The summed E-state index contributed by atoms with van der Waals surface area (Å²) in [5, 5.41) is 14.2. The van der Waals surface area contributed by atoms with Crippen LogP contribution in [-0.2, 0) is 19.4 Å². The minimum absolute atomic E-state index is 0.303. The number of carbonyl (C=O) groups is 1. The lowest BCUT2D eigenvalue weighted by Gasteiger charge is -2.08. The average molecular weight is 424 g/mol. The zero-order chi connectivity index (χ0) is 22.3. The van der Waals surface area contributed by atoms with Crippen LogP contribution in [0.4, 0.5) is 0 Å². The van der Waals surface area contributed by atoms with E-state index < -0.39 is 5.97 Å². The molecule has 0 aliphatic heterocycles. The highest BCUT2D eigenvalue weighted by Gasteiger charge is 2.13. The Hall–Kier alpha value is -3.99. The predicted octanol–water partition coefficient (Wildman–Crippen LogP) is 5.40. The first-order valence-electron chi connectivity index (χ1n) is 10.6. The van der Waals surface area contributed by atoms with E-state index in [0.29, 0.717) is 30.5 Å². The molecule has 0 atom stereocenters. The summed E-state index contributed by atoms with van der Waals surface area (Å²) in [5.41, 5.74) is 4.18. The van der Waals surface area contributed by atoms with Gasteiger partial charge in [0, 0.05) is 12.8 Å². The monoisotopic (exact) mass is 423 g/mol. The van der Waals surface area contributed by atoms with E-state index in [4.69, 9.17) is 10.1 Å². The van der Waals surface area contributed by atoms with E-state index in [-0.39, 0.29) is 0 Å². The molecule has 0 fully saturated rings. The van der Waals surface area contributed by atoms with Crippen molar-refractivity contribution in [1.82, 2.24) is 14.8 Å². The number of carboxylic acids is 1. The molecule has 0 amide bonds. The number of carboxylic acid groups (broad SMARTS) is 1. The first-order chi connectivity index (χ1) is 15.6. The van der Waals surface area contributed by atoms with E-state index >= 15 is 0 Å². The van der Waals surface area contributed by atoms with Crippen molar-refractivity contribution in [1.29, 1.82) is 0 Å². The Morgan fingerprint density at radius 1 is 0.906 bits per heavy atom. The third kappa shape index (κ3) is 5.01. The number of nitrogens with zero attached hydrogens (tertiary/aromatic N) is 3. The Morgan fingerprint density at radius 2 is 1.59 bits per heavy atom. The van der Waals surface area contributed by atoms with E-state index in [9.17, 15) is 9.90 Å². The van der Waals surface area contributed by atoms with Crippen LogP contribution < -0.4 is 0 Å². The van der Waals surface area contributed by atoms with Gasteiger partial charge in [-0.05, 0) is 35.2 Å². The van der Waals surface area contributed by atoms with E-state index in [2.05, 4.69) is 18.2 Å². The van der Waals surface area contributed by atoms with Crippen molar-refractivity contribution in [2.45, 2.75) is 26.3 Å². The van der Waals surface area contributed by atoms with Crippen LogP contribution in [0.3, 0.4) is 0 Å². The minimum atomic E-state index is -0.923. The fraction of sp³-hybridized carbons (Fsp3) is 0.148. The highest BCUT2D eigenvalue weighted by atomic mass is 16.4.